The van der Waals surface area contributed by atoms with E-state index in [4.69, 9.17) is 10.5 Å². The molecule has 6 nitrogen and oxygen atoms in total. The highest BCUT2D eigenvalue weighted by Crippen LogP contribution is 2.32. The number of carbonyl (C=O) groups excluding carboxylic acids is 2. The zero-order chi connectivity index (χ0) is 14.9. The van der Waals surface area contributed by atoms with Crippen molar-refractivity contribution in [1.29, 1.82) is 0 Å². The summed E-state index contributed by atoms with van der Waals surface area (Å²) in [7, 11) is 0. The van der Waals surface area contributed by atoms with Crippen molar-refractivity contribution in [2.24, 2.45) is 11.7 Å². The third-order valence-electron chi connectivity index (χ3n) is 3.20. The van der Waals surface area contributed by atoms with Gasteiger partial charge in [-0.1, -0.05) is 13.8 Å². The highest BCUT2D eigenvalue weighted by molar-refractivity contribution is 6.00. The van der Waals surface area contributed by atoms with Crippen molar-refractivity contribution in [2.45, 2.75) is 32.9 Å². The van der Waals surface area contributed by atoms with Gasteiger partial charge in [0, 0.05) is 5.69 Å². The second kappa shape index (κ2) is 6.78. The second-order valence-electron chi connectivity index (χ2n) is 5.22. The van der Waals surface area contributed by atoms with E-state index >= 15 is 0 Å². The number of hydrogen-bond acceptors (Lipinski definition) is 4. The van der Waals surface area contributed by atoms with Gasteiger partial charge in [-0.2, -0.15) is 0 Å². The number of carbonyl (C=O) groups is 2. The molecule has 0 spiro atoms. The van der Waals surface area contributed by atoms with Crippen molar-refractivity contribution in [3.05, 3.63) is 18.2 Å². The predicted octanol–water partition coefficient (Wildman–Crippen LogP) is 1.75. The summed E-state index contributed by atoms with van der Waals surface area (Å²) in [5.74, 6) is 0.177. The van der Waals surface area contributed by atoms with Crippen LogP contribution in [0.2, 0.25) is 0 Å². The van der Waals surface area contributed by atoms with Crippen LogP contribution in [0.5, 0.6) is 5.75 Å². The van der Waals surface area contributed by atoms with Crippen LogP contribution >= 0.6 is 12.4 Å². The summed E-state index contributed by atoms with van der Waals surface area (Å²) in [6.07, 6.45) is -0.516. The first-order valence-electron chi connectivity index (χ1n) is 6.56. The van der Waals surface area contributed by atoms with Crippen molar-refractivity contribution in [3.63, 3.8) is 0 Å². The minimum absolute atomic E-state index is 0. The maximum absolute atomic E-state index is 11.9. The first-order chi connectivity index (χ1) is 9.38. The lowest BCUT2D eigenvalue weighted by Gasteiger charge is -2.24. The second-order valence-corrected chi connectivity index (χ2v) is 5.22. The number of halogens is 1. The maximum atomic E-state index is 11.9. The highest BCUT2D eigenvalue weighted by Gasteiger charge is 2.24. The molecule has 21 heavy (non-hydrogen) atoms. The molecule has 116 valence electrons. The summed E-state index contributed by atoms with van der Waals surface area (Å²) in [5.41, 5.74) is 6.90. The van der Waals surface area contributed by atoms with Crippen LogP contribution in [-0.2, 0) is 9.59 Å². The van der Waals surface area contributed by atoms with Crippen molar-refractivity contribution < 1.29 is 14.3 Å². The summed E-state index contributed by atoms with van der Waals surface area (Å²) in [6.45, 7) is 5.44. The molecule has 1 unspecified atom stereocenters. The Bertz CT molecular complexity index is 548. The SMILES string of the molecule is CC1Oc2ccc(NC(=O)[C@H](N)C(C)C)cc2NC1=O.Cl. The summed E-state index contributed by atoms with van der Waals surface area (Å²) < 4.78 is 5.44. The Hall–Kier alpha value is -1.79. The van der Waals surface area contributed by atoms with Gasteiger partial charge in [0.25, 0.3) is 5.91 Å². The van der Waals surface area contributed by atoms with Crippen LogP contribution in [0.15, 0.2) is 18.2 Å². The number of anilines is 2. The molecule has 0 radical (unpaired) electrons. The standard InChI is InChI=1S/C14H19N3O3.ClH/c1-7(2)12(15)14(19)16-9-4-5-11-10(6-9)17-13(18)8(3)20-11;/h4-8,12H,15H2,1-3H3,(H,16,19)(H,17,18);1H/t8?,12-;/m1./s1. The molecular formula is C14H20ClN3O3. The smallest absolute Gasteiger partial charge is 0.265 e. The summed E-state index contributed by atoms with van der Waals surface area (Å²) in [5, 5.41) is 5.46. The Morgan fingerprint density at radius 3 is 2.71 bits per heavy atom. The van der Waals surface area contributed by atoms with E-state index < -0.39 is 12.1 Å². The van der Waals surface area contributed by atoms with Crippen LogP contribution < -0.4 is 21.1 Å². The van der Waals surface area contributed by atoms with Gasteiger partial charge in [0.1, 0.15) is 5.75 Å². The number of ether oxygens (including phenoxy) is 1. The third-order valence-corrected chi connectivity index (χ3v) is 3.20. The van der Waals surface area contributed by atoms with E-state index in [1.165, 1.54) is 0 Å². The quantitative estimate of drug-likeness (QED) is 0.792. The molecule has 0 aromatic heterocycles. The Labute approximate surface area is 129 Å². The molecule has 0 aliphatic carbocycles. The highest BCUT2D eigenvalue weighted by atomic mass is 35.5. The summed E-state index contributed by atoms with van der Waals surface area (Å²) in [4.78, 5) is 23.4. The zero-order valence-electron chi connectivity index (χ0n) is 12.2. The molecule has 2 atom stereocenters. The zero-order valence-corrected chi connectivity index (χ0v) is 13.0. The Kier molecular flexibility index (Phi) is 5.57. The Morgan fingerprint density at radius 1 is 1.43 bits per heavy atom. The first-order valence-corrected chi connectivity index (χ1v) is 6.56. The maximum Gasteiger partial charge on any atom is 0.265 e. The number of rotatable bonds is 3. The van der Waals surface area contributed by atoms with Gasteiger partial charge in [-0.3, -0.25) is 9.59 Å². The molecule has 0 fully saturated rings. The van der Waals surface area contributed by atoms with Crippen LogP contribution in [0.4, 0.5) is 11.4 Å². The van der Waals surface area contributed by atoms with E-state index in [-0.39, 0.29) is 30.1 Å². The number of benzene rings is 1. The van der Waals surface area contributed by atoms with Crippen molar-refractivity contribution >= 4 is 35.6 Å². The monoisotopic (exact) mass is 313 g/mol. The predicted molar refractivity (Wildman–Crippen MR) is 83.9 cm³/mol. The molecule has 0 bridgehead atoms. The van der Waals surface area contributed by atoms with Gasteiger partial charge in [0.05, 0.1) is 11.7 Å². The van der Waals surface area contributed by atoms with Crippen LogP contribution in [0, 0.1) is 5.92 Å². The lowest BCUT2D eigenvalue weighted by Crippen LogP contribution is -2.39. The molecule has 2 amide bonds. The molecular weight excluding hydrogens is 294 g/mol. The molecule has 7 heteroatoms. The number of nitrogens with one attached hydrogen (secondary N) is 2. The van der Waals surface area contributed by atoms with Gasteiger partial charge in [-0.05, 0) is 31.0 Å². The molecule has 1 aromatic carbocycles. The normalized spacial score (nSPS) is 18.0. The van der Waals surface area contributed by atoms with Crippen molar-refractivity contribution in [1.82, 2.24) is 0 Å². The fourth-order valence-corrected chi connectivity index (χ4v) is 1.81. The molecule has 1 aliphatic rings. The third kappa shape index (κ3) is 3.86. The van der Waals surface area contributed by atoms with Gasteiger partial charge in [-0.15, -0.1) is 12.4 Å². The average molecular weight is 314 g/mol. The lowest BCUT2D eigenvalue weighted by molar-refractivity contribution is -0.122. The van der Waals surface area contributed by atoms with E-state index in [2.05, 4.69) is 10.6 Å². The fraction of sp³-hybridized carbons (Fsp3) is 0.429. The topological polar surface area (TPSA) is 93.4 Å². The minimum Gasteiger partial charge on any atom is -0.479 e. The molecule has 4 N–H and O–H groups in total. The number of amides is 2. The molecule has 2 rings (SSSR count). The van der Waals surface area contributed by atoms with Gasteiger partial charge in [-0.25, -0.2) is 0 Å². The molecule has 0 saturated carbocycles. The fourth-order valence-electron chi connectivity index (χ4n) is 1.81. The molecule has 1 aromatic rings. The lowest BCUT2D eigenvalue weighted by atomic mass is 10.0. The number of fused-ring (bicyclic) bond motifs is 1. The average Bonchev–Trinajstić information content (AvgIpc) is 2.39. The number of hydrogen-bond donors (Lipinski definition) is 3. The van der Waals surface area contributed by atoms with E-state index in [1.54, 1.807) is 25.1 Å². The molecule has 1 aliphatic heterocycles. The van der Waals surface area contributed by atoms with E-state index in [9.17, 15) is 9.59 Å². The van der Waals surface area contributed by atoms with Gasteiger partial charge in [0.15, 0.2) is 6.10 Å². The Balaban J connectivity index is 0.00000220. The summed E-state index contributed by atoms with van der Waals surface area (Å²) >= 11 is 0. The van der Waals surface area contributed by atoms with Crippen LogP contribution in [0.25, 0.3) is 0 Å². The van der Waals surface area contributed by atoms with E-state index in [0.717, 1.165) is 0 Å². The largest absolute Gasteiger partial charge is 0.479 e. The van der Waals surface area contributed by atoms with E-state index in [0.29, 0.717) is 17.1 Å². The number of nitrogens with two attached hydrogens (primary N) is 1. The van der Waals surface area contributed by atoms with E-state index in [1.807, 2.05) is 13.8 Å². The molecule has 0 saturated heterocycles. The van der Waals surface area contributed by atoms with Crippen LogP contribution in [-0.4, -0.2) is 24.0 Å². The minimum atomic E-state index is -0.572. The van der Waals surface area contributed by atoms with Gasteiger partial charge >= 0.3 is 0 Å². The van der Waals surface area contributed by atoms with Crippen LogP contribution in [0.1, 0.15) is 20.8 Å². The van der Waals surface area contributed by atoms with Gasteiger partial charge < -0.3 is 21.1 Å². The van der Waals surface area contributed by atoms with Crippen molar-refractivity contribution in [3.8, 4) is 5.75 Å². The van der Waals surface area contributed by atoms with Crippen LogP contribution in [0.3, 0.4) is 0 Å². The Morgan fingerprint density at radius 2 is 2.10 bits per heavy atom. The van der Waals surface area contributed by atoms with Crippen molar-refractivity contribution in [2.75, 3.05) is 10.6 Å². The van der Waals surface area contributed by atoms with Gasteiger partial charge in [0.2, 0.25) is 5.91 Å². The first kappa shape index (κ1) is 17.3. The summed E-state index contributed by atoms with van der Waals surface area (Å²) in [6, 6.07) is 4.51. The molecule has 1 heterocycles.